The molecule has 2 aliphatic rings. The predicted octanol–water partition coefficient (Wildman–Crippen LogP) is 2.74. The Bertz CT molecular complexity index is 967. The van der Waals surface area contributed by atoms with Crippen LogP contribution in [0.25, 0.3) is 0 Å². The minimum atomic E-state index is -1.16. The van der Waals surface area contributed by atoms with Crippen LogP contribution in [0.15, 0.2) is 60.7 Å². The lowest BCUT2D eigenvalue weighted by Crippen LogP contribution is -2.56. The van der Waals surface area contributed by atoms with Crippen molar-refractivity contribution in [1.82, 2.24) is 10.0 Å². The zero-order chi connectivity index (χ0) is 22.7. The second kappa shape index (κ2) is 9.40. The van der Waals surface area contributed by atoms with Crippen LogP contribution >= 0.6 is 0 Å². The number of hydrogen-bond acceptors (Lipinski definition) is 7. The SMILES string of the molecule is COC(=O)[C@@H]1[C@H](C(=O)OC)N2C(=O)OC[C@@H](c3ccccc3)N2[C@H]1CCc1ccccc1. The lowest BCUT2D eigenvalue weighted by Gasteiger charge is -2.42. The van der Waals surface area contributed by atoms with Crippen molar-refractivity contribution in [3.05, 3.63) is 71.8 Å². The maximum Gasteiger partial charge on any atom is 0.425 e. The number of aryl methyl sites for hydroxylation is 1. The summed E-state index contributed by atoms with van der Waals surface area (Å²) in [4.78, 5) is 38.6. The predicted molar refractivity (Wildman–Crippen MR) is 114 cm³/mol. The highest BCUT2D eigenvalue weighted by Gasteiger charge is 2.61. The summed E-state index contributed by atoms with van der Waals surface area (Å²) in [5.74, 6) is -2.15. The highest BCUT2D eigenvalue weighted by molar-refractivity contribution is 5.89. The van der Waals surface area contributed by atoms with Crippen molar-refractivity contribution >= 4 is 18.0 Å². The average molecular weight is 438 g/mol. The Kier molecular flexibility index (Phi) is 6.41. The molecule has 168 valence electrons. The first-order valence-electron chi connectivity index (χ1n) is 10.6. The monoisotopic (exact) mass is 438 g/mol. The maximum atomic E-state index is 12.9. The van der Waals surface area contributed by atoms with Crippen LogP contribution < -0.4 is 0 Å². The van der Waals surface area contributed by atoms with Gasteiger partial charge in [0.15, 0.2) is 6.04 Å². The summed E-state index contributed by atoms with van der Waals surface area (Å²) in [5, 5.41) is 3.08. The zero-order valence-electron chi connectivity index (χ0n) is 18.0. The molecule has 2 fully saturated rings. The van der Waals surface area contributed by atoms with Crippen LogP contribution in [0.5, 0.6) is 0 Å². The summed E-state index contributed by atoms with van der Waals surface area (Å²) >= 11 is 0. The Balaban J connectivity index is 1.77. The number of hydrogen-bond donors (Lipinski definition) is 0. The van der Waals surface area contributed by atoms with Gasteiger partial charge in [-0.05, 0) is 24.0 Å². The molecular formula is C24H26N2O6. The van der Waals surface area contributed by atoms with Crippen molar-refractivity contribution < 1.29 is 28.6 Å². The molecule has 32 heavy (non-hydrogen) atoms. The van der Waals surface area contributed by atoms with Crippen molar-refractivity contribution in [3.8, 4) is 0 Å². The first kappa shape index (κ1) is 21.8. The molecule has 0 spiro atoms. The Hall–Kier alpha value is -3.39. The molecule has 4 rings (SSSR count). The van der Waals surface area contributed by atoms with E-state index in [1.165, 1.54) is 19.2 Å². The van der Waals surface area contributed by atoms with Crippen molar-refractivity contribution in [2.75, 3.05) is 20.8 Å². The van der Waals surface area contributed by atoms with E-state index in [4.69, 9.17) is 14.2 Å². The van der Waals surface area contributed by atoms with E-state index < -0.39 is 36.0 Å². The fourth-order valence-corrected chi connectivity index (χ4v) is 4.70. The fraction of sp³-hybridized carbons (Fsp3) is 0.375. The van der Waals surface area contributed by atoms with Gasteiger partial charge in [-0.15, -0.1) is 0 Å². The second-order valence-electron chi connectivity index (χ2n) is 7.84. The summed E-state index contributed by atoms with van der Waals surface area (Å²) in [7, 11) is 2.52. The second-order valence-corrected chi connectivity index (χ2v) is 7.84. The van der Waals surface area contributed by atoms with Gasteiger partial charge in [-0.1, -0.05) is 60.7 Å². The van der Waals surface area contributed by atoms with Gasteiger partial charge in [0.2, 0.25) is 0 Å². The first-order valence-corrected chi connectivity index (χ1v) is 10.6. The Morgan fingerprint density at radius 2 is 1.59 bits per heavy atom. The number of rotatable bonds is 6. The van der Waals surface area contributed by atoms with Gasteiger partial charge in [0.1, 0.15) is 12.5 Å². The van der Waals surface area contributed by atoms with Crippen molar-refractivity contribution in [2.24, 2.45) is 5.92 Å². The molecule has 0 saturated carbocycles. The topological polar surface area (TPSA) is 85.4 Å². The number of carbonyl (C=O) groups is 3. The molecular weight excluding hydrogens is 412 g/mol. The van der Waals surface area contributed by atoms with Crippen molar-refractivity contribution in [2.45, 2.75) is 31.0 Å². The molecule has 0 radical (unpaired) electrons. The lowest BCUT2D eigenvalue weighted by atomic mass is 9.88. The van der Waals surface area contributed by atoms with Crippen molar-refractivity contribution in [3.63, 3.8) is 0 Å². The van der Waals surface area contributed by atoms with Crippen LogP contribution in [-0.2, 0) is 30.2 Å². The molecule has 8 nitrogen and oxygen atoms in total. The Morgan fingerprint density at radius 3 is 2.22 bits per heavy atom. The molecule has 2 aromatic carbocycles. The first-order chi connectivity index (χ1) is 15.6. The zero-order valence-corrected chi connectivity index (χ0v) is 18.0. The number of amides is 1. The highest BCUT2D eigenvalue weighted by Crippen LogP contribution is 2.43. The van der Waals surface area contributed by atoms with Gasteiger partial charge < -0.3 is 14.2 Å². The number of nitrogens with zero attached hydrogens (tertiary/aromatic N) is 2. The Labute approximate surface area is 186 Å². The molecule has 0 unspecified atom stereocenters. The van der Waals surface area contributed by atoms with Crippen LogP contribution in [0, 0.1) is 5.92 Å². The van der Waals surface area contributed by atoms with Gasteiger partial charge in [0, 0.05) is 6.04 Å². The molecule has 1 amide bonds. The third kappa shape index (κ3) is 3.93. The number of esters is 2. The van der Waals surface area contributed by atoms with Gasteiger partial charge in [0.05, 0.1) is 20.3 Å². The smallest absolute Gasteiger partial charge is 0.425 e. The molecule has 2 saturated heterocycles. The van der Waals surface area contributed by atoms with E-state index in [-0.39, 0.29) is 12.6 Å². The quantitative estimate of drug-likeness (QED) is 0.506. The van der Waals surface area contributed by atoms with Gasteiger partial charge >= 0.3 is 18.0 Å². The average Bonchev–Trinajstić information content (AvgIpc) is 3.19. The molecule has 0 aromatic heterocycles. The number of methoxy groups -OCH3 is 2. The van der Waals surface area contributed by atoms with Crippen LogP contribution in [0.4, 0.5) is 4.79 Å². The van der Waals surface area contributed by atoms with Gasteiger partial charge in [-0.25, -0.2) is 19.6 Å². The van der Waals surface area contributed by atoms with E-state index in [1.807, 2.05) is 65.7 Å². The molecule has 2 aliphatic heterocycles. The number of hydrazine groups is 1. The summed E-state index contributed by atoms with van der Waals surface area (Å²) in [6.07, 6.45) is 0.516. The van der Waals surface area contributed by atoms with E-state index >= 15 is 0 Å². The molecule has 4 atom stereocenters. The molecule has 2 heterocycles. The minimum Gasteiger partial charge on any atom is -0.469 e. The van der Waals surface area contributed by atoms with E-state index in [0.29, 0.717) is 12.8 Å². The number of ether oxygens (including phenoxy) is 3. The summed E-state index contributed by atoms with van der Waals surface area (Å²) in [6.45, 7) is 0.114. The van der Waals surface area contributed by atoms with Gasteiger partial charge in [-0.3, -0.25) is 4.79 Å². The lowest BCUT2D eigenvalue weighted by molar-refractivity contribution is -0.159. The van der Waals surface area contributed by atoms with E-state index in [0.717, 1.165) is 11.1 Å². The third-order valence-corrected chi connectivity index (χ3v) is 6.15. The molecule has 0 aliphatic carbocycles. The highest BCUT2D eigenvalue weighted by atomic mass is 16.6. The minimum absolute atomic E-state index is 0.114. The number of cyclic esters (lactones) is 1. The molecule has 8 heteroatoms. The summed E-state index contributed by atoms with van der Waals surface area (Å²) < 4.78 is 15.5. The number of benzene rings is 2. The normalized spacial score (nSPS) is 25.1. The standard InChI is InChI=1S/C24H26N2O6/c1-30-22(27)20-18(14-13-16-9-5-3-6-10-16)25-19(17-11-7-4-8-12-17)15-32-24(29)26(25)21(20)23(28)31-2/h3-12,18-21H,13-15H2,1-2H3/t18-,19-,20-,21+/m0/s1. The van der Waals surface area contributed by atoms with Crippen LogP contribution in [-0.4, -0.2) is 61.0 Å². The van der Waals surface area contributed by atoms with Gasteiger partial charge in [-0.2, -0.15) is 0 Å². The van der Waals surface area contributed by atoms with Crippen molar-refractivity contribution in [1.29, 1.82) is 0 Å². The summed E-state index contributed by atoms with van der Waals surface area (Å²) in [5.41, 5.74) is 2.02. The largest absolute Gasteiger partial charge is 0.469 e. The van der Waals surface area contributed by atoms with Crippen LogP contribution in [0.3, 0.4) is 0 Å². The molecule has 0 bridgehead atoms. The van der Waals surface area contributed by atoms with Crippen LogP contribution in [0.1, 0.15) is 23.6 Å². The molecule has 2 aromatic rings. The number of fused-ring (bicyclic) bond motifs is 1. The number of carbonyl (C=O) groups excluding carboxylic acids is 3. The Morgan fingerprint density at radius 1 is 0.969 bits per heavy atom. The summed E-state index contributed by atoms with van der Waals surface area (Å²) in [6, 6.07) is 17.5. The van der Waals surface area contributed by atoms with E-state index in [1.54, 1.807) is 0 Å². The van der Waals surface area contributed by atoms with E-state index in [9.17, 15) is 14.4 Å². The van der Waals surface area contributed by atoms with Gasteiger partial charge in [0.25, 0.3) is 0 Å². The van der Waals surface area contributed by atoms with E-state index in [2.05, 4.69) is 0 Å². The fourth-order valence-electron chi connectivity index (χ4n) is 4.70. The maximum absolute atomic E-state index is 12.9. The molecule has 0 N–H and O–H groups in total. The third-order valence-electron chi connectivity index (χ3n) is 6.15. The van der Waals surface area contributed by atoms with Crippen LogP contribution in [0.2, 0.25) is 0 Å².